The number of aromatic nitrogens is 3. The molecule has 1 aliphatic carbocycles. The third-order valence-corrected chi connectivity index (χ3v) is 6.49. The maximum Gasteiger partial charge on any atom is 0.262 e. The highest BCUT2D eigenvalue weighted by Crippen LogP contribution is 2.47. The first-order valence-corrected chi connectivity index (χ1v) is 9.76. The Morgan fingerprint density at radius 1 is 1.31 bits per heavy atom. The van der Waals surface area contributed by atoms with Gasteiger partial charge in [-0.05, 0) is 38.3 Å². The number of carbonyl (C=O) groups excluding carboxylic acids is 1. The fourth-order valence-corrected chi connectivity index (χ4v) is 4.59. The van der Waals surface area contributed by atoms with Crippen LogP contribution in [0.4, 0.5) is 5.82 Å². The highest BCUT2D eigenvalue weighted by molar-refractivity contribution is 6.07. The number of fused-ring (bicyclic) bond motifs is 2. The number of anilines is 1. The summed E-state index contributed by atoms with van der Waals surface area (Å²) in [4.78, 5) is 16.9. The summed E-state index contributed by atoms with van der Waals surface area (Å²) in [5, 5.41) is 18.2. The van der Waals surface area contributed by atoms with Crippen LogP contribution in [0.25, 0.3) is 22.2 Å². The van der Waals surface area contributed by atoms with Gasteiger partial charge in [0, 0.05) is 29.8 Å². The van der Waals surface area contributed by atoms with Gasteiger partial charge in [-0.15, -0.1) is 0 Å². The van der Waals surface area contributed by atoms with Crippen molar-refractivity contribution >= 4 is 22.6 Å². The molecule has 2 aliphatic rings. The summed E-state index contributed by atoms with van der Waals surface area (Å²) >= 11 is 0. The molecule has 3 heterocycles. The molecular weight excluding hydrogens is 366 g/mol. The summed E-state index contributed by atoms with van der Waals surface area (Å²) in [6, 6.07) is 12.3. The lowest BCUT2D eigenvalue weighted by atomic mass is 9.74. The van der Waals surface area contributed by atoms with Crippen LogP contribution in [-0.4, -0.2) is 27.8 Å². The Morgan fingerprint density at radius 3 is 2.79 bits per heavy atom. The molecule has 0 spiro atoms. The normalized spacial score (nSPS) is 22.0. The quantitative estimate of drug-likeness (QED) is 0.737. The van der Waals surface area contributed by atoms with Gasteiger partial charge in [0.15, 0.2) is 5.60 Å². The van der Waals surface area contributed by atoms with Crippen molar-refractivity contribution in [1.29, 1.82) is 5.26 Å². The van der Waals surface area contributed by atoms with E-state index in [1.165, 1.54) is 7.11 Å². The van der Waals surface area contributed by atoms with E-state index in [4.69, 9.17) is 9.84 Å². The van der Waals surface area contributed by atoms with Crippen molar-refractivity contribution in [2.75, 3.05) is 12.4 Å². The first-order chi connectivity index (χ1) is 14.0. The Kier molecular flexibility index (Phi) is 3.77. The van der Waals surface area contributed by atoms with Crippen LogP contribution in [0.15, 0.2) is 36.5 Å². The van der Waals surface area contributed by atoms with Gasteiger partial charge in [-0.25, -0.2) is 4.98 Å². The van der Waals surface area contributed by atoms with Crippen LogP contribution >= 0.6 is 0 Å². The van der Waals surface area contributed by atoms with Gasteiger partial charge >= 0.3 is 0 Å². The van der Waals surface area contributed by atoms with E-state index in [-0.39, 0.29) is 11.4 Å². The molecule has 1 fully saturated rings. The average molecular weight is 387 g/mol. The summed E-state index contributed by atoms with van der Waals surface area (Å²) < 4.78 is 7.66. The van der Waals surface area contributed by atoms with Crippen molar-refractivity contribution in [3.05, 3.63) is 42.1 Å². The topological polar surface area (TPSA) is 92.8 Å². The summed E-state index contributed by atoms with van der Waals surface area (Å²) in [6.07, 6.45) is 5.09. The van der Waals surface area contributed by atoms with Crippen molar-refractivity contribution in [2.45, 2.75) is 43.7 Å². The van der Waals surface area contributed by atoms with E-state index in [2.05, 4.69) is 16.4 Å². The van der Waals surface area contributed by atoms with E-state index in [1.807, 2.05) is 35.0 Å². The van der Waals surface area contributed by atoms with Crippen LogP contribution in [0.1, 0.15) is 38.2 Å². The molecule has 5 rings (SSSR count). The summed E-state index contributed by atoms with van der Waals surface area (Å²) in [6.45, 7) is 1.75. The number of para-hydroxylation sites is 1. The lowest BCUT2D eigenvalue weighted by molar-refractivity contribution is -0.135. The molecule has 146 valence electrons. The zero-order valence-electron chi connectivity index (χ0n) is 16.4. The van der Waals surface area contributed by atoms with Crippen LogP contribution in [-0.2, 0) is 20.7 Å². The monoisotopic (exact) mass is 387 g/mol. The Balaban J connectivity index is 1.79. The second-order valence-electron chi connectivity index (χ2n) is 7.96. The van der Waals surface area contributed by atoms with E-state index in [0.29, 0.717) is 17.8 Å². The minimum absolute atomic E-state index is 0.237. The van der Waals surface area contributed by atoms with Crippen molar-refractivity contribution in [1.82, 2.24) is 14.8 Å². The number of hydrogen-bond donors (Lipinski definition) is 1. The number of ether oxygens (including phenoxy) is 1. The number of methoxy groups -OCH3 is 1. The first-order valence-electron chi connectivity index (χ1n) is 9.76. The number of rotatable bonds is 4. The van der Waals surface area contributed by atoms with E-state index >= 15 is 0 Å². The molecule has 2 aromatic heterocycles. The standard InChI is InChI=1S/C22H21N5O2/c1-21(29-2)17-15(8-13-24-19(17)25-20(21)28)18-14-6-3-4-7-16(14)27(26-18)22(11-12-23)9-5-10-22/h3-4,6-8,13H,5,9-11H2,1-2H3,(H,24,25,28)/t21-/m0/s1. The van der Waals surface area contributed by atoms with E-state index in [0.717, 1.165) is 41.4 Å². The Morgan fingerprint density at radius 2 is 2.10 bits per heavy atom. The van der Waals surface area contributed by atoms with E-state index < -0.39 is 5.60 Å². The second kappa shape index (κ2) is 6.13. The van der Waals surface area contributed by atoms with Crippen LogP contribution in [0, 0.1) is 11.3 Å². The van der Waals surface area contributed by atoms with Crippen LogP contribution in [0.2, 0.25) is 0 Å². The first kappa shape index (κ1) is 17.8. The predicted octanol–water partition coefficient (Wildman–Crippen LogP) is 3.70. The Labute approximate surface area is 168 Å². The van der Waals surface area contributed by atoms with Gasteiger partial charge in [-0.1, -0.05) is 18.2 Å². The zero-order valence-corrected chi connectivity index (χ0v) is 16.4. The lowest BCUT2D eigenvalue weighted by Crippen LogP contribution is -2.41. The fourth-order valence-electron chi connectivity index (χ4n) is 4.59. The van der Waals surface area contributed by atoms with Gasteiger partial charge in [-0.2, -0.15) is 10.4 Å². The lowest BCUT2D eigenvalue weighted by Gasteiger charge is -2.40. The summed E-state index contributed by atoms with van der Waals surface area (Å²) in [7, 11) is 1.53. The molecular formula is C22H21N5O2. The molecule has 1 N–H and O–H groups in total. The second-order valence-corrected chi connectivity index (χ2v) is 7.96. The molecule has 0 unspecified atom stereocenters. The third-order valence-electron chi connectivity index (χ3n) is 6.49. The Hall–Kier alpha value is -3.24. The van der Waals surface area contributed by atoms with Crippen molar-refractivity contribution in [3.8, 4) is 17.3 Å². The molecule has 0 saturated heterocycles. The molecule has 7 nitrogen and oxygen atoms in total. The molecule has 7 heteroatoms. The minimum atomic E-state index is -1.13. The number of pyridine rings is 1. The molecule has 0 bridgehead atoms. The highest BCUT2D eigenvalue weighted by Gasteiger charge is 2.47. The van der Waals surface area contributed by atoms with Crippen LogP contribution in [0.3, 0.4) is 0 Å². The van der Waals surface area contributed by atoms with Crippen molar-refractivity contribution < 1.29 is 9.53 Å². The number of nitrogens with zero attached hydrogens (tertiary/aromatic N) is 4. The van der Waals surface area contributed by atoms with Gasteiger partial charge in [0.1, 0.15) is 11.5 Å². The van der Waals surface area contributed by atoms with Crippen LogP contribution < -0.4 is 5.32 Å². The summed E-state index contributed by atoms with van der Waals surface area (Å²) in [5.41, 5.74) is 1.90. The van der Waals surface area contributed by atoms with Crippen molar-refractivity contribution in [3.63, 3.8) is 0 Å². The average Bonchev–Trinajstić information content (AvgIpc) is 3.21. The molecule has 1 saturated carbocycles. The molecule has 29 heavy (non-hydrogen) atoms. The molecule has 1 aliphatic heterocycles. The van der Waals surface area contributed by atoms with Gasteiger partial charge in [0.25, 0.3) is 5.91 Å². The molecule has 3 aromatic rings. The maximum absolute atomic E-state index is 12.6. The number of benzene rings is 1. The van der Waals surface area contributed by atoms with Gasteiger partial charge in [-0.3, -0.25) is 9.48 Å². The van der Waals surface area contributed by atoms with E-state index in [1.54, 1.807) is 13.1 Å². The van der Waals surface area contributed by atoms with Gasteiger partial charge in [0.2, 0.25) is 0 Å². The maximum atomic E-state index is 12.6. The summed E-state index contributed by atoms with van der Waals surface area (Å²) in [5.74, 6) is 0.268. The van der Waals surface area contributed by atoms with Gasteiger partial charge < -0.3 is 10.1 Å². The number of carbonyl (C=O) groups is 1. The fraction of sp³-hybridized carbons (Fsp3) is 0.364. The smallest absolute Gasteiger partial charge is 0.262 e. The number of nitriles is 1. The zero-order chi connectivity index (χ0) is 20.2. The number of nitrogens with one attached hydrogen (secondary N) is 1. The highest BCUT2D eigenvalue weighted by atomic mass is 16.5. The Bertz CT molecular complexity index is 1190. The number of amides is 1. The van der Waals surface area contributed by atoms with Crippen molar-refractivity contribution in [2.24, 2.45) is 0 Å². The molecule has 1 amide bonds. The minimum Gasteiger partial charge on any atom is -0.364 e. The van der Waals surface area contributed by atoms with Crippen LogP contribution in [0.5, 0.6) is 0 Å². The number of hydrogen-bond acceptors (Lipinski definition) is 5. The SMILES string of the molecule is CO[C@]1(C)C(=O)Nc2nccc(-c3nn(C4(CC#N)CCC4)c4ccccc34)c21. The largest absolute Gasteiger partial charge is 0.364 e. The molecule has 1 aromatic carbocycles. The van der Waals surface area contributed by atoms with Gasteiger partial charge in [0.05, 0.1) is 23.5 Å². The molecule has 1 atom stereocenters. The van der Waals surface area contributed by atoms with E-state index in [9.17, 15) is 10.1 Å². The predicted molar refractivity (Wildman–Crippen MR) is 108 cm³/mol. The third kappa shape index (κ3) is 2.29. The molecule has 0 radical (unpaired) electrons.